The van der Waals surface area contributed by atoms with Crippen molar-refractivity contribution in [3.63, 3.8) is 0 Å². The van der Waals surface area contributed by atoms with E-state index in [9.17, 15) is 13.6 Å². The first-order valence-corrected chi connectivity index (χ1v) is 7.37. The van der Waals surface area contributed by atoms with Crippen LogP contribution >= 0.6 is 0 Å². The Labute approximate surface area is 136 Å². The van der Waals surface area contributed by atoms with E-state index in [0.29, 0.717) is 12.1 Å². The normalized spacial score (nSPS) is 10.6. The molecule has 0 fully saturated rings. The minimum atomic E-state index is -0.850. The van der Waals surface area contributed by atoms with Crippen LogP contribution in [0.25, 0.3) is 5.69 Å². The lowest BCUT2D eigenvalue weighted by atomic mass is 10.2. The molecule has 0 unspecified atom stereocenters. The van der Waals surface area contributed by atoms with Crippen molar-refractivity contribution in [2.75, 3.05) is 5.32 Å². The molecule has 0 spiro atoms. The number of aromatic nitrogens is 3. The minimum absolute atomic E-state index is 0.0315. The second-order valence-corrected chi connectivity index (χ2v) is 5.04. The number of amides is 1. The third-order valence-corrected chi connectivity index (χ3v) is 3.52. The van der Waals surface area contributed by atoms with Gasteiger partial charge in [-0.2, -0.15) is 0 Å². The molecule has 0 saturated heterocycles. The van der Waals surface area contributed by atoms with E-state index in [0.717, 1.165) is 17.8 Å². The van der Waals surface area contributed by atoms with Gasteiger partial charge < -0.3 is 5.32 Å². The SMILES string of the molecule is CCc1c(C(=O)Nc2c(F)cccc2F)nnn1-c1ccccc1. The van der Waals surface area contributed by atoms with Crippen LogP contribution in [0, 0.1) is 11.6 Å². The molecule has 3 rings (SSSR count). The zero-order valence-corrected chi connectivity index (χ0v) is 12.8. The van der Waals surface area contributed by atoms with Crippen molar-refractivity contribution in [2.24, 2.45) is 0 Å². The number of nitrogens with zero attached hydrogens (tertiary/aromatic N) is 3. The number of halogens is 2. The summed E-state index contributed by atoms with van der Waals surface area (Å²) >= 11 is 0. The highest BCUT2D eigenvalue weighted by molar-refractivity contribution is 6.03. The zero-order valence-electron chi connectivity index (χ0n) is 12.8. The molecule has 0 aliphatic carbocycles. The van der Waals surface area contributed by atoms with Crippen molar-refractivity contribution in [1.82, 2.24) is 15.0 Å². The maximum absolute atomic E-state index is 13.7. The Morgan fingerprint density at radius 2 is 1.75 bits per heavy atom. The molecule has 1 amide bonds. The first-order chi connectivity index (χ1) is 11.6. The molecular formula is C17H14F2N4O. The molecule has 0 radical (unpaired) electrons. The van der Waals surface area contributed by atoms with Crippen molar-refractivity contribution in [1.29, 1.82) is 0 Å². The van der Waals surface area contributed by atoms with E-state index in [1.807, 2.05) is 37.3 Å². The second kappa shape index (κ2) is 6.57. The molecular weight excluding hydrogens is 314 g/mol. The Hall–Kier alpha value is -3.09. The first-order valence-electron chi connectivity index (χ1n) is 7.37. The second-order valence-electron chi connectivity index (χ2n) is 5.04. The number of carbonyl (C=O) groups excluding carboxylic acids is 1. The Morgan fingerprint density at radius 3 is 2.38 bits per heavy atom. The average Bonchev–Trinajstić information content (AvgIpc) is 3.03. The molecule has 1 heterocycles. The fourth-order valence-electron chi connectivity index (χ4n) is 2.36. The maximum atomic E-state index is 13.7. The quantitative estimate of drug-likeness (QED) is 0.799. The van der Waals surface area contributed by atoms with Crippen LogP contribution in [0.15, 0.2) is 48.5 Å². The van der Waals surface area contributed by atoms with E-state index in [1.165, 1.54) is 10.7 Å². The van der Waals surface area contributed by atoms with Gasteiger partial charge in [-0.15, -0.1) is 5.10 Å². The van der Waals surface area contributed by atoms with Crippen molar-refractivity contribution >= 4 is 11.6 Å². The Kier molecular flexibility index (Phi) is 4.33. The maximum Gasteiger partial charge on any atom is 0.278 e. The molecule has 5 nitrogen and oxygen atoms in total. The molecule has 2 aromatic carbocycles. The summed E-state index contributed by atoms with van der Waals surface area (Å²) in [5.74, 6) is -2.41. The number of para-hydroxylation sites is 2. The van der Waals surface area contributed by atoms with Crippen molar-refractivity contribution < 1.29 is 13.6 Å². The van der Waals surface area contributed by atoms with Gasteiger partial charge in [-0.25, -0.2) is 13.5 Å². The number of carbonyl (C=O) groups is 1. The summed E-state index contributed by atoms with van der Waals surface area (Å²) in [7, 11) is 0. The topological polar surface area (TPSA) is 59.8 Å². The van der Waals surface area contributed by atoms with Crippen LogP contribution in [0.1, 0.15) is 23.1 Å². The van der Waals surface area contributed by atoms with Crippen molar-refractivity contribution in [2.45, 2.75) is 13.3 Å². The minimum Gasteiger partial charge on any atom is -0.316 e. The number of benzene rings is 2. The Morgan fingerprint density at radius 1 is 1.08 bits per heavy atom. The summed E-state index contributed by atoms with van der Waals surface area (Å²) in [5.41, 5.74) is 0.830. The monoisotopic (exact) mass is 328 g/mol. The van der Waals surface area contributed by atoms with Crippen molar-refractivity contribution in [3.8, 4) is 5.69 Å². The van der Waals surface area contributed by atoms with Crippen LogP contribution in [-0.2, 0) is 6.42 Å². The van der Waals surface area contributed by atoms with Gasteiger partial charge in [0.25, 0.3) is 5.91 Å². The molecule has 1 N–H and O–H groups in total. The van der Waals surface area contributed by atoms with Gasteiger partial charge in [0.1, 0.15) is 17.3 Å². The van der Waals surface area contributed by atoms with Gasteiger partial charge in [0.2, 0.25) is 0 Å². The number of rotatable bonds is 4. The predicted molar refractivity (Wildman–Crippen MR) is 85.0 cm³/mol. The summed E-state index contributed by atoms with van der Waals surface area (Å²) in [5, 5.41) is 10.1. The smallest absolute Gasteiger partial charge is 0.278 e. The third-order valence-electron chi connectivity index (χ3n) is 3.52. The number of nitrogens with one attached hydrogen (secondary N) is 1. The summed E-state index contributed by atoms with van der Waals surface area (Å²) in [6.45, 7) is 1.85. The molecule has 0 aliphatic rings. The van der Waals surface area contributed by atoms with E-state index in [2.05, 4.69) is 15.6 Å². The molecule has 122 valence electrons. The number of hydrogen-bond donors (Lipinski definition) is 1. The van der Waals surface area contributed by atoms with Gasteiger partial charge in [-0.1, -0.05) is 36.4 Å². The van der Waals surface area contributed by atoms with Gasteiger partial charge in [0, 0.05) is 0 Å². The van der Waals surface area contributed by atoms with E-state index < -0.39 is 23.2 Å². The van der Waals surface area contributed by atoms with Crippen molar-refractivity contribution in [3.05, 3.63) is 71.6 Å². The highest BCUT2D eigenvalue weighted by Crippen LogP contribution is 2.20. The average molecular weight is 328 g/mol. The summed E-state index contributed by atoms with van der Waals surface area (Å²) in [4.78, 5) is 12.4. The lowest BCUT2D eigenvalue weighted by molar-refractivity contribution is 0.102. The van der Waals surface area contributed by atoms with E-state index in [1.54, 1.807) is 0 Å². The van der Waals surface area contributed by atoms with Gasteiger partial charge in [0.15, 0.2) is 5.69 Å². The van der Waals surface area contributed by atoms with Gasteiger partial charge in [0.05, 0.1) is 11.4 Å². The fourth-order valence-corrected chi connectivity index (χ4v) is 2.36. The lowest BCUT2D eigenvalue weighted by Crippen LogP contribution is -2.17. The predicted octanol–water partition coefficient (Wildman–Crippen LogP) is 3.36. The molecule has 0 saturated carbocycles. The van der Waals surface area contributed by atoms with Crippen LogP contribution in [0.5, 0.6) is 0 Å². The van der Waals surface area contributed by atoms with Crippen LogP contribution in [0.4, 0.5) is 14.5 Å². The van der Waals surface area contributed by atoms with Gasteiger partial charge in [-0.3, -0.25) is 4.79 Å². The fraction of sp³-hybridized carbons (Fsp3) is 0.118. The molecule has 0 atom stereocenters. The van der Waals surface area contributed by atoms with E-state index in [-0.39, 0.29) is 5.69 Å². The van der Waals surface area contributed by atoms with Gasteiger partial charge in [-0.05, 0) is 30.7 Å². The molecule has 1 aromatic heterocycles. The molecule has 24 heavy (non-hydrogen) atoms. The number of hydrogen-bond acceptors (Lipinski definition) is 3. The molecule has 0 bridgehead atoms. The van der Waals surface area contributed by atoms with Crippen LogP contribution in [-0.4, -0.2) is 20.9 Å². The summed E-state index contributed by atoms with van der Waals surface area (Å²) in [6, 6.07) is 12.6. The van der Waals surface area contributed by atoms with E-state index in [4.69, 9.17) is 0 Å². The number of anilines is 1. The Balaban J connectivity index is 1.95. The summed E-state index contributed by atoms with van der Waals surface area (Å²) < 4.78 is 28.9. The highest BCUT2D eigenvalue weighted by Gasteiger charge is 2.21. The van der Waals surface area contributed by atoms with Crippen LogP contribution in [0.2, 0.25) is 0 Å². The molecule has 7 heteroatoms. The van der Waals surface area contributed by atoms with Crippen LogP contribution < -0.4 is 5.32 Å². The molecule has 3 aromatic rings. The van der Waals surface area contributed by atoms with E-state index >= 15 is 0 Å². The first kappa shape index (κ1) is 15.8. The highest BCUT2D eigenvalue weighted by atomic mass is 19.1. The Bertz CT molecular complexity index is 857. The molecule has 0 aliphatic heterocycles. The largest absolute Gasteiger partial charge is 0.316 e. The zero-order chi connectivity index (χ0) is 17.1. The summed E-state index contributed by atoms with van der Waals surface area (Å²) in [6.07, 6.45) is 0.477. The van der Waals surface area contributed by atoms with Gasteiger partial charge >= 0.3 is 0 Å². The standard InChI is InChI=1S/C17H14F2N4O/c1-2-14-16(21-22-23(14)11-7-4-3-5-8-11)17(24)20-15-12(18)9-6-10-13(15)19/h3-10H,2H2,1H3,(H,20,24). The lowest BCUT2D eigenvalue weighted by Gasteiger charge is -2.08. The third kappa shape index (κ3) is 2.88. The van der Waals surface area contributed by atoms with Crippen LogP contribution in [0.3, 0.4) is 0 Å².